The molecule has 2 aliphatic heterocycles. The Kier molecular flexibility index (Phi) is 7.17. The Bertz CT molecular complexity index is 1060. The van der Waals surface area contributed by atoms with E-state index in [-0.39, 0.29) is 12.0 Å². The van der Waals surface area contributed by atoms with E-state index >= 15 is 0 Å². The number of amides is 1. The van der Waals surface area contributed by atoms with Crippen LogP contribution in [0.2, 0.25) is 0 Å². The van der Waals surface area contributed by atoms with E-state index in [2.05, 4.69) is 4.98 Å². The van der Waals surface area contributed by atoms with Crippen molar-refractivity contribution >= 4 is 27.0 Å². The molecule has 0 radical (unpaired) electrons. The summed E-state index contributed by atoms with van der Waals surface area (Å²) in [6, 6.07) is 5.16. The van der Waals surface area contributed by atoms with E-state index in [4.69, 9.17) is 4.74 Å². The zero-order valence-corrected chi connectivity index (χ0v) is 19.9. The van der Waals surface area contributed by atoms with Crippen LogP contribution in [0.4, 0.5) is 0 Å². The Morgan fingerprint density at radius 2 is 1.94 bits per heavy atom. The lowest BCUT2D eigenvalue weighted by Gasteiger charge is -2.32. The first kappa shape index (κ1) is 23.2. The van der Waals surface area contributed by atoms with Crippen molar-refractivity contribution in [3.8, 4) is 0 Å². The number of carbonyl (C=O) groups is 1. The SMILES string of the molecule is CCOC1CCCN(C(=O)CCc2nc3cc(S(=O)(=O)N4CCCCC4)ccc3n2C)C1. The standard InChI is InChI=1S/C23H34N4O4S/c1-3-31-18-8-7-13-26(17-18)23(28)12-11-22-24-20-16-19(9-10-21(20)25(22)2)32(29,30)27-14-5-4-6-15-27/h9-10,16,18H,3-8,11-15,17H2,1-2H3. The van der Waals surface area contributed by atoms with E-state index in [1.54, 1.807) is 16.4 Å². The van der Waals surface area contributed by atoms with E-state index < -0.39 is 10.0 Å². The number of rotatable bonds is 7. The largest absolute Gasteiger partial charge is 0.377 e. The zero-order chi connectivity index (χ0) is 22.7. The predicted molar refractivity (Wildman–Crippen MR) is 123 cm³/mol. The molecule has 9 heteroatoms. The van der Waals surface area contributed by atoms with E-state index in [1.165, 1.54) is 0 Å². The molecule has 176 valence electrons. The van der Waals surface area contributed by atoms with Gasteiger partial charge in [0.15, 0.2) is 0 Å². The topological polar surface area (TPSA) is 84.7 Å². The van der Waals surface area contributed by atoms with Crippen LogP contribution in [0.15, 0.2) is 23.1 Å². The van der Waals surface area contributed by atoms with Crippen molar-refractivity contribution in [1.82, 2.24) is 18.8 Å². The van der Waals surface area contributed by atoms with Gasteiger partial charge in [-0.1, -0.05) is 6.42 Å². The number of piperidine rings is 2. The van der Waals surface area contributed by atoms with Crippen LogP contribution in [0.5, 0.6) is 0 Å². The average Bonchev–Trinajstić information content (AvgIpc) is 3.13. The molecule has 2 saturated heterocycles. The van der Waals surface area contributed by atoms with Crippen LogP contribution >= 0.6 is 0 Å². The minimum Gasteiger partial charge on any atom is -0.377 e. The van der Waals surface area contributed by atoms with Crippen LogP contribution in [0.1, 0.15) is 51.3 Å². The molecule has 3 heterocycles. The highest BCUT2D eigenvalue weighted by atomic mass is 32.2. The van der Waals surface area contributed by atoms with Gasteiger partial charge >= 0.3 is 0 Å². The number of ether oxygens (including phenoxy) is 1. The van der Waals surface area contributed by atoms with Gasteiger partial charge in [0.2, 0.25) is 15.9 Å². The van der Waals surface area contributed by atoms with Gasteiger partial charge in [-0.25, -0.2) is 13.4 Å². The van der Waals surface area contributed by atoms with Crippen molar-refractivity contribution in [3.63, 3.8) is 0 Å². The molecule has 1 unspecified atom stereocenters. The molecule has 1 aromatic carbocycles. The summed E-state index contributed by atoms with van der Waals surface area (Å²) in [5.74, 6) is 0.911. The molecule has 2 aromatic rings. The van der Waals surface area contributed by atoms with Gasteiger partial charge in [-0.15, -0.1) is 0 Å². The highest BCUT2D eigenvalue weighted by molar-refractivity contribution is 7.89. The van der Waals surface area contributed by atoms with Crippen LogP contribution in [0.3, 0.4) is 0 Å². The number of aromatic nitrogens is 2. The lowest BCUT2D eigenvalue weighted by Crippen LogP contribution is -2.43. The number of likely N-dealkylation sites (tertiary alicyclic amines) is 1. The van der Waals surface area contributed by atoms with Crippen molar-refractivity contribution < 1.29 is 17.9 Å². The van der Waals surface area contributed by atoms with Gasteiger partial charge in [-0.3, -0.25) is 4.79 Å². The third-order valence-corrected chi connectivity index (χ3v) is 8.49. The molecule has 0 N–H and O–H groups in total. The summed E-state index contributed by atoms with van der Waals surface area (Å²) in [5, 5.41) is 0. The highest BCUT2D eigenvalue weighted by Gasteiger charge is 2.27. The first-order valence-electron chi connectivity index (χ1n) is 11.7. The summed E-state index contributed by atoms with van der Waals surface area (Å²) in [7, 11) is -1.58. The lowest BCUT2D eigenvalue weighted by molar-refractivity contribution is -0.135. The summed E-state index contributed by atoms with van der Waals surface area (Å²) in [5.41, 5.74) is 1.53. The smallest absolute Gasteiger partial charge is 0.243 e. The molecular weight excluding hydrogens is 428 g/mol. The molecule has 2 fully saturated rings. The van der Waals surface area contributed by atoms with Crippen LogP contribution in [0, 0.1) is 0 Å². The van der Waals surface area contributed by atoms with Crippen molar-refractivity contribution in [1.29, 1.82) is 0 Å². The fourth-order valence-electron chi connectivity index (χ4n) is 4.78. The maximum absolute atomic E-state index is 13.0. The number of nitrogens with zero attached hydrogens (tertiary/aromatic N) is 4. The van der Waals surface area contributed by atoms with E-state index in [0.717, 1.165) is 50.0 Å². The molecule has 4 rings (SSSR count). The van der Waals surface area contributed by atoms with Gasteiger partial charge in [0.05, 0.1) is 22.0 Å². The molecule has 2 aliphatic rings. The maximum atomic E-state index is 13.0. The lowest BCUT2D eigenvalue weighted by atomic mass is 10.1. The second-order valence-corrected chi connectivity index (χ2v) is 10.7. The summed E-state index contributed by atoms with van der Waals surface area (Å²) in [6.07, 6.45) is 5.91. The number of fused-ring (bicyclic) bond motifs is 1. The quantitative estimate of drug-likeness (QED) is 0.632. The minimum absolute atomic E-state index is 0.120. The normalized spacial score (nSPS) is 20.7. The fourth-order valence-corrected chi connectivity index (χ4v) is 6.32. The average molecular weight is 463 g/mol. The van der Waals surface area contributed by atoms with Crippen molar-refractivity contribution in [2.75, 3.05) is 32.8 Å². The Morgan fingerprint density at radius 1 is 1.16 bits per heavy atom. The van der Waals surface area contributed by atoms with Crippen LogP contribution in [-0.4, -0.2) is 72.0 Å². The zero-order valence-electron chi connectivity index (χ0n) is 19.1. The van der Waals surface area contributed by atoms with Crippen LogP contribution in [-0.2, 0) is 33.0 Å². The summed E-state index contributed by atoms with van der Waals surface area (Å²) >= 11 is 0. The van der Waals surface area contributed by atoms with Gasteiger partial charge in [0.1, 0.15) is 5.82 Å². The molecule has 0 spiro atoms. The van der Waals surface area contributed by atoms with Crippen LogP contribution in [0.25, 0.3) is 11.0 Å². The molecule has 1 atom stereocenters. The predicted octanol–water partition coefficient (Wildman–Crippen LogP) is 2.71. The number of hydrogen-bond donors (Lipinski definition) is 0. The van der Waals surface area contributed by atoms with Gasteiger partial charge < -0.3 is 14.2 Å². The fraction of sp³-hybridized carbons (Fsp3) is 0.652. The third kappa shape index (κ3) is 4.84. The second-order valence-electron chi connectivity index (χ2n) is 8.76. The third-order valence-electron chi connectivity index (χ3n) is 6.59. The number of carbonyl (C=O) groups excluding carboxylic acids is 1. The Morgan fingerprint density at radius 3 is 2.69 bits per heavy atom. The Labute approximate surface area is 190 Å². The minimum atomic E-state index is -3.50. The van der Waals surface area contributed by atoms with E-state index in [1.807, 2.05) is 29.5 Å². The Balaban J connectivity index is 1.46. The van der Waals surface area contributed by atoms with Crippen LogP contribution < -0.4 is 0 Å². The van der Waals surface area contributed by atoms with Gasteiger partial charge in [0, 0.05) is 52.7 Å². The molecule has 0 aliphatic carbocycles. The number of aryl methyl sites for hydroxylation is 2. The first-order chi connectivity index (χ1) is 15.4. The second kappa shape index (κ2) is 9.89. The van der Waals surface area contributed by atoms with Gasteiger partial charge in [0.25, 0.3) is 0 Å². The summed E-state index contributed by atoms with van der Waals surface area (Å²) in [6.45, 7) is 5.25. The molecule has 0 saturated carbocycles. The number of imidazole rings is 1. The number of sulfonamides is 1. The summed E-state index contributed by atoms with van der Waals surface area (Å²) in [4.78, 5) is 19.6. The molecule has 32 heavy (non-hydrogen) atoms. The van der Waals surface area contributed by atoms with E-state index in [0.29, 0.717) is 49.5 Å². The molecular formula is C23H34N4O4S. The highest BCUT2D eigenvalue weighted by Crippen LogP contribution is 2.25. The summed E-state index contributed by atoms with van der Waals surface area (Å²) < 4.78 is 35.3. The van der Waals surface area contributed by atoms with Gasteiger partial charge in [-0.05, 0) is 50.8 Å². The molecule has 1 amide bonds. The molecule has 0 bridgehead atoms. The number of hydrogen-bond acceptors (Lipinski definition) is 5. The van der Waals surface area contributed by atoms with Crippen molar-refractivity contribution in [2.45, 2.75) is 62.9 Å². The van der Waals surface area contributed by atoms with E-state index in [9.17, 15) is 13.2 Å². The Hall–Kier alpha value is -1.97. The maximum Gasteiger partial charge on any atom is 0.243 e. The number of benzene rings is 1. The monoisotopic (exact) mass is 462 g/mol. The molecule has 8 nitrogen and oxygen atoms in total. The van der Waals surface area contributed by atoms with Crippen molar-refractivity contribution in [2.24, 2.45) is 7.05 Å². The first-order valence-corrected chi connectivity index (χ1v) is 13.2. The molecule has 1 aromatic heterocycles. The van der Waals surface area contributed by atoms with Gasteiger partial charge in [-0.2, -0.15) is 4.31 Å². The van der Waals surface area contributed by atoms with Crippen molar-refractivity contribution in [3.05, 3.63) is 24.0 Å².